The zero-order chi connectivity index (χ0) is 25.8. The van der Waals surface area contributed by atoms with Gasteiger partial charge in [-0.2, -0.15) is 0 Å². The predicted molar refractivity (Wildman–Crippen MR) is 140 cm³/mol. The van der Waals surface area contributed by atoms with Crippen LogP contribution in [0.4, 0.5) is 25.0 Å². The average molecular weight is 510 g/mol. The number of aromatic nitrogens is 1. The maximum atomic E-state index is 16.2. The Labute approximate surface area is 213 Å². The molecule has 36 heavy (non-hydrogen) atoms. The van der Waals surface area contributed by atoms with Crippen molar-refractivity contribution in [2.45, 2.75) is 38.3 Å². The average Bonchev–Trinajstić information content (AvgIpc) is 3.22. The van der Waals surface area contributed by atoms with Gasteiger partial charge < -0.3 is 15.0 Å². The number of nitrogens with one attached hydrogen (secondary N) is 2. The summed E-state index contributed by atoms with van der Waals surface area (Å²) in [6.07, 6.45) is 0.298. The Balaban J connectivity index is 1.56. The molecule has 3 aromatic carbocycles. The van der Waals surface area contributed by atoms with Gasteiger partial charge in [-0.3, -0.25) is 4.90 Å². The van der Waals surface area contributed by atoms with E-state index < -0.39 is 35.3 Å². The highest BCUT2D eigenvalue weighted by molar-refractivity contribution is 6.36. The van der Waals surface area contributed by atoms with E-state index >= 15 is 8.78 Å². The van der Waals surface area contributed by atoms with Gasteiger partial charge in [0.2, 0.25) is 0 Å². The van der Waals surface area contributed by atoms with Gasteiger partial charge >= 0.3 is 6.09 Å². The van der Waals surface area contributed by atoms with Crippen molar-refractivity contribution in [1.29, 1.82) is 0 Å². The van der Waals surface area contributed by atoms with E-state index in [0.717, 1.165) is 0 Å². The Morgan fingerprint density at radius 3 is 2.56 bits per heavy atom. The van der Waals surface area contributed by atoms with Crippen LogP contribution in [0.2, 0.25) is 5.02 Å². The number of hydrogen-bond acceptors (Lipinski definition) is 3. The summed E-state index contributed by atoms with van der Waals surface area (Å²) in [5, 5.41) is 4.34. The molecule has 4 aromatic rings. The fraction of sp³-hybridized carbons (Fsp3) is 0.250. The molecule has 0 saturated heterocycles. The summed E-state index contributed by atoms with van der Waals surface area (Å²) in [7, 11) is 1.62. The van der Waals surface area contributed by atoms with E-state index in [-0.39, 0.29) is 11.1 Å². The second kappa shape index (κ2) is 8.82. The van der Waals surface area contributed by atoms with Crippen LogP contribution >= 0.6 is 11.6 Å². The SMILES string of the molecule is CC1c2c(cc(F)c(-c3cccc4c(Cl)c[nH]c34)c2F)NC(C)(C)C1OC(=O)N(C)c1ccccc1. The molecule has 2 atom stereocenters. The van der Waals surface area contributed by atoms with Gasteiger partial charge in [-0.1, -0.05) is 54.9 Å². The van der Waals surface area contributed by atoms with Gasteiger partial charge in [-0.05, 0) is 32.0 Å². The van der Waals surface area contributed by atoms with E-state index in [1.807, 2.05) is 32.0 Å². The van der Waals surface area contributed by atoms with E-state index in [1.165, 1.54) is 11.0 Å². The number of aromatic amines is 1. The molecule has 1 aromatic heterocycles. The lowest BCUT2D eigenvalue weighted by Gasteiger charge is -2.44. The van der Waals surface area contributed by atoms with E-state index in [1.54, 1.807) is 50.5 Å². The number of rotatable bonds is 3. The molecule has 1 aliphatic rings. The lowest BCUT2D eigenvalue weighted by molar-refractivity contribution is 0.0521. The zero-order valence-corrected chi connectivity index (χ0v) is 21.1. The lowest BCUT2D eigenvalue weighted by Crippen LogP contribution is -2.53. The van der Waals surface area contributed by atoms with Crippen LogP contribution < -0.4 is 10.2 Å². The minimum Gasteiger partial charge on any atom is -0.443 e. The number of H-pyrrole nitrogens is 1. The molecule has 0 aliphatic carbocycles. The van der Waals surface area contributed by atoms with Gasteiger partial charge in [0.25, 0.3) is 0 Å². The summed E-state index contributed by atoms with van der Waals surface area (Å²) in [4.78, 5) is 17.5. The standard InChI is InChI=1S/C28H26ClF2N3O2/c1-15-22-21(33-28(2,3)26(15)36-27(35)34(4)16-9-6-5-7-10-16)13-20(30)23(24(22)31)18-12-8-11-17-19(29)14-32-25(17)18/h5-15,26,32-33H,1-4H3. The minimum absolute atomic E-state index is 0.155. The third-order valence-electron chi connectivity index (χ3n) is 6.91. The van der Waals surface area contributed by atoms with Crippen molar-refractivity contribution in [1.82, 2.24) is 4.98 Å². The molecule has 0 bridgehead atoms. The van der Waals surface area contributed by atoms with Gasteiger partial charge in [0.1, 0.15) is 17.7 Å². The molecule has 186 valence electrons. The molecule has 8 heteroatoms. The number of halogens is 3. The summed E-state index contributed by atoms with van der Waals surface area (Å²) in [5.74, 6) is -1.95. The van der Waals surface area contributed by atoms with Gasteiger partial charge in [-0.15, -0.1) is 0 Å². The van der Waals surface area contributed by atoms with E-state index in [0.29, 0.717) is 32.9 Å². The second-order valence-corrected chi connectivity index (χ2v) is 10.1. The number of hydrogen-bond donors (Lipinski definition) is 2. The number of nitrogens with zero attached hydrogens (tertiary/aromatic N) is 1. The fourth-order valence-corrected chi connectivity index (χ4v) is 5.36. The summed E-state index contributed by atoms with van der Waals surface area (Å²) in [6, 6.07) is 15.6. The van der Waals surface area contributed by atoms with E-state index in [9.17, 15) is 4.79 Å². The molecular formula is C28H26ClF2N3O2. The Bertz CT molecular complexity index is 1470. The molecule has 2 N–H and O–H groups in total. The number of benzene rings is 3. The summed E-state index contributed by atoms with van der Waals surface area (Å²) in [6.45, 7) is 5.48. The number of carbonyl (C=O) groups excluding carboxylic acids is 1. The zero-order valence-electron chi connectivity index (χ0n) is 20.3. The van der Waals surface area contributed by atoms with Crippen molar-refractivity contribution in [2.24, 2.45) is 0 Å². The van der Waals surface area contributed by atoms with Crippen molar-refractivity contribution in [3.63, 3.8) is 0 Å². The smallest absolute Gasteiger partial charge is 0.414 e. The number of amides is 1. The first-order valence-corrected chi connectivity index (χ1v) is 12.0. The number of para-hydroxylation sites is 2. The van der Waals surface area contributed by atoms with Crippen molar-refractivity contribution < 1.29 is 18.3 Å². The summed E-state index contributed by atoms with van der Waals surface area (Å²) >= 11 is 6.24. The molecule has 2 unspecified atom stereocenters. The van der Waals surface area contributed by atoms with Crippen molar-refractivity contribution in [2.75, 3.05) is 17.3 Å². The quantitative estimate of drug-likeness (QED) is 0.297. The molecule has 0 spiro atoms. The van der Waals surface area contributed by atoms with Crippen LogP contribution in [0, 0.1) is 11.6 Å². The molecule has 1 amide bonds. The summed E-state index contributed by atoms with van der Waals surface area (Å²) in [5.41, 5.74) is 1.25. The minimum atomic E-state index is -0.785. The van der Waals surface area contributed by atoms with Crippen LogP contribution in [-0.2, 0) is 4.74 Å². The van der Waals surface area contributed by atoms with Crippen LogP contribution in [-0.4, -0.2) is 29.8 Å². The first-order valence-electron chi connectivity index (χ1n) is 11.7. The van der Waals surface area contributed by atoms with E-state index in [2.05, 4.69) is 10.3 Å². The molecule has 0 fully saturated rings. The first kappa shape index (κ1) is 24.1. The normalized spacial score (nSPS) is 18.4. The molecule has 5 rings (SSSR count). The van der Waals surface area contributed by atoms with E-state index in [4.69, 9.17) is 16.3 Å². The highest BCUT2D eigenvalue weighted by Gasteiger charge is 2.45. The Hall–Kier alpha value is -3.58. The topological polar surface area (TPSA) is 57.4 Å². The largest absolute Gasteiger partial charge is 0.443 e. The summed E-state index contributed by atoms with van der Waals surface area (Å²) < 4.78 is 37.6. The molecular weight excluding hydrogens is 484 g/mol. The molecule has 1 aliphatic heterocycles. The third kappa shape index (κ3) is 3.88. The molecule has 5 nitrogen and oxygen atoms in total. The fourth-order valence-electron chi connectivity index (χ4n) is 5.15. The number of carbonyl (C=O) groups is 1. The van der Waals surface area contributed by atoms with Gasteiger partial charge in [0.15, 0.2) is 0 Å². The Kier molecular flexibility index (Phi) is 5.91. The van der Waals surface area contributed by atoms with Crippen LogP contribution in [0.3, 0.4) is 0 Å². The maximum absolute atomic E-state index is 16.2. The van der Waals surface area contributed by atoms with Crippen LogP contribution in [0.5, 0.6) is 0 Å². The second-order valence-electron chi connectivity index (χ2n) is 9.71. The predicted octanol–water partition coefficient (Wildman–Crippen LogP) is 7.72. The number of anilines is 2. The first-order chi connectivity index (χ1) is 17.1. The third-order valence-corrected chi connectivity index (χ3v) is 7.23. The van der Waals surface area contributed by atoms with Gasteiger partial charge in [0.05, 0.1) is 21.6 Å². The molecule has 0 radical (unpaired) electrons. The van der Waals surface area contributed by atoms with Crippen molar-refractivity contribution >= 4 is 40.0 Å². The van der Waals surface area contributed by atoms with Crippen molar-refractivity contribution in [3.8, 4) is 11.1 Å². The van der Waals surface area contributed by atoms with Gasteiger partial charge in [0, 0.05) is 47.1 Å². The van der Waals surface area contributed by atoms with Gasteiger partial charge in [-0.25, -0.2) is 13.6 Å². The highest BCUT2D eigenvalue weighted by atomic mass is 35.5. The van der Waals surface area contributed by atoms with Crippen LogP contribution in [0.25, 0.3) is 22.0 Å². The monoisotopic (exact) mass is 509 g/mol. The molecule has 2 heterocycles. The number of fused-ring (bicyclic) bond motifs is 2. The number of ether oxygens (including phenoxy) is 1. The van der Waals surface area contributed by atoms with Crippen LogP contribution in [0.15, 0.2) is 60.8 Å². The van der Waals surface area contributed by atoms with Crippen molar-refractivity contribution in [3.05, 3.63) is 83.0 Å². The molecule has 0 saturated carbocycles. The Morgan fingerprint density at radius 2 is 1.83 bits per heavy atom. The Morgan fingerprint density at radius 1 is 1.11 bits per heavy atom. The lowest BCUT2D eigenvalue weighted by atomic mass is 9.77. The van der Waals surface area contributed by atoms with Crippen LogP contribution in [0.1, 0.15) is 32.3 Å². The maximum Gasteiger partial charge on any atom is 0.414 e. The highest BCUT2D eigenvalue weighted by Crippen LogP contribution is 2.46.